The fraction of sp³-hybridized carbons (Fsp3) is 0.412. The number of imidazole rings is 1. The van der Waals surface area contributed by atoms with Crippen molar-refractivity contribution in [3.05, 3.63) is 53.6 Å². The van der Waals surface area contributed by atoms with Crippen LogP contribution in [-0.4, -0.2) is 38.7 Å². The molecule has 0 saturated carbocycles. The summed E-state index contributed by atoms with van der Waals surface area (Å²) < 4.78 is 1.87. The van der Waals surface area contributed by atoms with Crippen molar-refractivity contribution in [2.24, 2.45) is 7.05 Å². The lowest BCUT2D eigenvalue weighted by molar-refractivity contribution is 0.0487. The largest absolute Gasteiger partial charge is 0.383 e. The molecule has 2 aromatic rings. The molecule has 0 aliphatic carbocycles. The van der Waals surface area contributed by atoms with Crippen molar-refractivity contribution in [1.29, 1.82) is 0 Å². The summed E-state index contributed by atoms with van der Waals surface area (Å²) in [5.74, 6) is 0.798. The Labute approximate surface area is 135 Å². The number of aromatic nitrogens is 2. The molecular weight excluding hydrogens is 292 g/mol. The van der Waals surface area contributed by atoms with Crippen LogP contribution in [0, 0.1) is 6.92 Å². The number of hydrogen-bond donors (Lipinski definition) is 2. The van der Waals surface area contributed by atoms with Crippen LogP contribution in [0.2, 0.25) is 0 Å². The van der Waals surface area contributed by atoms with Gasteiger partial charge in [0.25, 0.3) is 0 Å². The molecule has 0 unspecified atom stereocenters. The first-order valence-corrected chi connectivity index (χ1v) is 7.77. The van der Waals surface area contributed by atoms with Gasteiger partial charge in [0.05, 0.1) is 13.1 Å². The zero-order valence-corrected chi connectivity index (χ0v) is 13.5. The summed E-state index contributed by atoms with van der Waals surface area (Å²) in [5.41, 5.74) is 0.982. The number of nitrogens with zero attached hydrogens (tertiary/aromatic N) is 3. The molecule has 0 bridgehead atoms. The van der Waals surface area contributed by atoms with Crippen molar-refractivity contribution in [3.8, 4) is 0 Å². The van der Waals surface area contributed by atoms with Gasteiger partial charge in [0.2, 0.25) is 0 Å². The van der Waals surface area contributed by atoms with Gasteiger partial charge in [-0.1, -0.05) is 24.3 Å². The minimum atomic E-state index is -0.966. The van der Waals surface area contributed by atoms with Crippen LogP contribution in [0.3, 0.4) is 0 Å². The van der Waals surface area contributed by atoms with E-state index in [1.165, 1.54) is 0 Å². The predicted molar refractivity (Wildman–Crippen MR) is 86.7 cm³/mol. The van der Waals surface area contributed by atoms with Crippen LogP contribution in [0.25, 0.3) is 0 Å². The van der Waals surface area contributed by atoms with E-state index in [-0.39, 0.29) is 6.03 Å². The Morgan fingerprint density at radius 2 is 2.22 bits per heavy atom. The normalized spacial score (nSPS) is 20.7. The Morgan fingerprint density at radius 3 is 2.91 bits per heavy atom. The van der Waals surface area contributed by atoms with Crippen LogP contribution in [0.4, 0.5) is 4.79 Å². The molecule has 0 radical (unpaired) electrons. The van der Waals surface area contributed by atoms with Crippen molar-refractivity contribution in [2.45, 2.75) is 25.5 Å². The third-order valence-electron chi connectivity index (χ3n) is 4.50. The zero-order chi connectivity index (χ0) is 16.4. The molecule has 1 fully saturated rings. The maximum absolute atomic E-state index is 12.3. The molecule has 1 aliphatic heterocycles. The second-order valence-electron chi connectivity index (χ2n) is 6.13. The minimum Gasteiger partial charge on any atom is -0.383 e. The first-order valence-electron chi connectivity index (χ1n) is 7.77. The third-order valence-corrected chi connectivity index (χ3v) is 4.50. The summed E-state index contributed by atoms with van der Waals surface area (Å²) in [6.45, 7) is 3.21. The second-order valence-corrected chi connectivity index (χ2v) is 6.13. The molecule has 1 aromatic carbocycles. The van der Waals surface area contributed by atoms with Gasteiger partial charge in [-0.3, -0.25) is 0 Å². The van der Waals surface area contributed by atoms with E-state index < -0.39 is 5.60 Å². The molecular formula is C17H22N4O2. The highest BCUT2D eigenvalue weighted by Gasteiger charge is 2.40. The molecule has 2 heterocycles. The van der Waals surface area contributed by atoms with Gasteiger partial charge in [-0.2, -0.15) is 0 Å². The quantitative estimate of drug-likeness (QED) is 0.902. The smallest absolute Gasteiger partial charge is 0.317 e. The summed E-state index contributed by atoms with van der Waals surface area (Å²) in [6.07, 6.45) is 4.09. The number of urea groups is 1. The van der Waals surface area contributed by atoms with Crippen molar-refractivity contribution in [2.75, 3.05) is 13.1 Å². The van der Waals surface area contributed by atoms with Gasteiger partial charge in [-0.05, 0) is 24.5 Å². The van der Waals surface area contributed by atoms with E-state index in [0.717, 1.165) is 17.0 Å². The van der Waals surface area contributed by atoms with Crippen LogP contribution in [0.5, 0.6) is 0 Å². The molecule has 1 atom stereocenters. The molecule has 2 amide bonds. The van der Waals surface area contributed by atoms with Gasteiger partial charge in [0.1, 0.15) is 11.4 Å². The van der Waals surface area contributed by atoms with Gasteiger partial charge in [0, 0.05) is 26.0 Å². The van der Waals surface area contributed by atoms with Gasteiger partial charge < -0.3 is 19.9 Å². The highest BCUT2D eigenvalue weighted by atomic mass is 16.3. The topological polar surface area (TPSA) is 70.4 Å². The molecule has 1 saturated heterocycles. The number of hydrogen-bond acceptors (Lipinski definition) is 3. The number of carbonyl (C=O) groups excluding carboxylic acids is 1. The van der Waals surface area contributed by atoms with E-state index >= 15 is 0 Å². The number of benzene rings is 1. The summed E-state index contributed by atoms with van der Waals surface area (Å²) >= 11 is 0. The first-order chi connectivity index (χ1) is 11.0. The molecule has 2 N–H and O–H groups in total. The van der Waals surface area contributed by atoms with Gasteiger partial charge in [-0.25, -0.2) is 9.78 Å². The number of rotatable bonds is 3. The number of aliphatic hydroxyl groups is 1. The van der Waals surface area contributed by atoms with Crippen molar-refractivity contribution < 1.29 is 9.90 Å². The van der Waals surface area contributed by atoms with Crippen molar-refractivity contribution in [3.63, 3.8) is 0 Å². The average molecular weight is 314 g/mol. The Hall–Kier alpha value is -2.34. The van der Waals surface area contributed by atoms with E-state index in [4.69, 9.17) is 0 Å². The maximum atomic E-state index is 12.3. The summed E-state index contributed by atoms with van der Waals surface area (Å²) in [6, 6.07) is 7.62. The summed E-state index contributed by atoms with van der Waals surface area (Å²) in [5, 5.41) is 13.8. The van der Waals surface area contributed by atoms with Crippen LogP contribution < -0.4 is 5.32 Å². The lowest BCUT2D eigenvalue weighted by Crippen LogP contribution is -2.41. The van der Waals surface area contributed by atoms with Crippen LogP contribution in [0.1, 0.15) is 23.4 Å². The summed E-state index contributed by atoms with van der Waals surface area (Å²) in [4.78, 5) is 18.2. The molecule has 3 rings (SSSR count). The Kier molecular flexibility index (Phi) is 4.09. The van der Waals surface area contributed by atoms with E-state index in [0.29, 0.717) is 26.1 Å². The third kappa shape index (κ3) is 3.07. The fourth-order valence-electron chi connectivity index (χ4n) is 3.12. The van der Waals surface area contributed by atoms with E-state index in [1.807, 2.05) is 49.0 Å². The molecule has 0 spiro atoms. The number of nitrogens with one attached hydrogen (secondary N) is 1. The maximum Gasteiger partial charge on any atom is 0.317 e. The number of aryl methyl sites for hydroxylation is 2. The number of likely N-dealkylation sites (tertiary alicyclic amines) is 1. The number of amides is 2. The standard InChI is InChI=1S/C17H22N4O2/c1-13-5-3-4-6-14(13)17(23)7-9-21(12-17)16(22)19-11-15-18-8-10-20(15)2/h3-6,8,10,23H,7,9,11-12H2,1-2H3,(H,19,22)/t17-/m0/s1. The van der Waals surface area contributed by atoms with Crippen molar-refractivity contribution >= 4 is 6.03 Å². The van der Waals surface area contributed by atoms with E-state index in [9.17, 15) is 9.90 Å². The molecule has 23 heavy (non-hydrogen) atoms. The zero-order valence-electron chi connectivity index (χ0n) is 13.5. The minimum absolute atomic E-state index is 0.169. The lowest BCUT2D eigenvalue weighted by Gasteiger charge is -2.25. The Bertz CT molecular complexity index is 712. The molecule has 6 heteroatoms. The average Bonchev–Trinajstić information content (AvgIpc) is 3.12. The lowest BCUT2D eigenvalue weighted by atomic mass is 9.89. The Morgan fingerprint density at radius 1 is 1.43 bits per heavy atom. The molecule has 6 nitrogen and oxygen atoms in total. The summed E-state index contributed by atoms with van der Waals surface area (Å²) in [7, 11) is 1.89. The SMILES string of the molecule is Cc1ccccc1[C@]1(O)CCN(C(=O)NCc2nccn2C)C1. The molecule has 1 aliphatic rings. The van der Waals surface area contributed by atoms with E-state index in [1.54, 1.807) is 11.1 Å². The predicted octanol–water partition coefficient (Wildman–Crippen LogP) is 1.53. The van der Waals surface area contributed by atoms with Crippen LogP contribution in [0.15, 0.2) is 36.7 Å². The van der Waals surface area contributed by atoms with Crippen LogP contribution >= 0.6 is 0 Å². The monoisotopic (exact) mass is 314 g/mol. The highest BCUT2D eigenvalue weighted by molar-refractivity contribution is 5.74. The molecule has 122 valence electrons. The fourth-order valence-corrected chi connectivity index (χ4v) is 3.12. The number of carbonyl (C=O) groups is 1. The van der Waals surface area contributed by atoms with Gasteiger partial charge >= 0.3 is 6.03 Å². The van der Waals surface area contributed by atoms with Gasteiger partial charge in [0.15, 0.2) is 0 Å². The molecule has 1 aromatic heterocycles. The van der Waals surface area contributed by atoms with Crippen molar-refractivity contribution in [1.82, 2.24) is 19.8 Å². The highest BCUT2D eigenvalue weighted by Crippen LogP contribution is 2.33. The van der Waals surface area contributed by atoms with Gasteiger partial charge in [-0.15, -0.1) is 0 Å². The number of β-amino-alcohol motifs (C(OH)–C–C–N with tert-alkyl or cyclic N) is 1. The van der Waals surface area contributed by atoms with E-state index in [2.05, 4.69) is 10.3 Å². The van der Waals surface area contributed by atoms with Crippen LogP contribution in [-0.2, 0) is 19.2 Å². The first kappa shape index (κ1) is 15.6. The second kappa shape index (κ2) is 6.04. The Balaban J connectivity index is 1.64.